The number of anilines is 1. The van der Waals surface area contributed by atoms with Gasteiger partial charge in [-0.2, -0.15) is 0 Å². The summed E-state index contributed by atoms with van der Waals surface area (Å²) >= 11 is 0. The number of aryl methyl sites for hydroxylation is 1. The minimum atomic E-state index is -0.236. The highest BCUT2D eigenvalue weighted by Gasteiger charge is 2.33. The van der Waals surface area contributed by atoms with Gasteiger partial charge in [-0.1, -0.05) is 26.0 Å². The van der Waals surface area contributed by atoms with Crippen molar-refractivity contribution in [3.63, 3.8) is 0 Å². The fourth-order valence-electron chi connectivity index (χ4n) is 4.20. The van der Waals surface area contributed by atoms with Crippen LogP contribution in [0.4, 0.5) is 5.69 Å². The Morgan fingerprint density at radius 1 is 1.23 bits per heavy atom. The Hall–Kier alpha value is -2.93. The number of amides is 1. The van der Waals surface area contributed by atoms with E-state index in [2.05, 4.69) is 43.2 Å². The number of methoxy groups -OCH3 is 1. The van der Waals surface area contributed by atoms with E-state index in [1.165, 1.54) is 0 Å². The van der Waals surface area contributed by atoms with Crippen LogP contribution in [0.5, 0.6) is 23.0 Å². The zero-order valence-electron chi connectivity index (χ0n) is 18.8. The molecule has 0 atom stereocenters. The van der Waals surface area contributed by atoms with E-state index in [-0.39, 0.29) is 19.3 Å². The summed E-state index contributed by atoms with van der Waals surface area (Å²) in [5, 5.41) is 3.03. The number of hydrogen-bond donors (Lipinski definition) is 1. The van der Waals surface area contributed by atoms with E-state index in [0.717, 1.165) is 47.5 Å². The maximum Gasteiger partial charge on any atom is 0.262 e. The van der Waals surface area contributed by atoms with Crippen molar-refractivity contribution in [2.45, 2.75) is 39.7 Å². The van der Waals surface area contributed by atoms with Crippen LogP contribution in [0.1, 0.15) is 42.0 Å². The van der Waals surface area contributed by atoms with E-state index in [9.17, 15) is 4.79 Å². The van der Waals surface area contributed by atoms with Gasteiger partial charge >= 0.3 is 0 Å². The predicted octanol–water partition coefficient (Wildman–Crippen LogP) is 3.86. The number of benzene rings is 2. The molecule has 7 heteroatoms. The quantitative estimate of drug-likeness (QED) is 0.757. The lowest BCUT2D eigenvalue weighted by Gasteiger charge is -2.29. The first kappa shape index (κ1) is 21.3. The highest BCUT2D eigenvalue weighted by Crippen LogP contribution is 2.52. The SMILES string of the molecule is COc1c2c(c(NC(=O)COc3cc(C)ccc3C(C)C)c3c1OCO3)CCN(C)C2. The van der Waals surface area contributed by atoms with E-state index in [1.807, 2.05) is 13.0 Å². The smallest absolute Gasteiger partial charge is 0.262 e. The monoisotopic (exact) mass is 426 g/mol. The van der Waals surface area contributed by atoms with Crippen molar-refractivity contribution in [3.05, 3.63) is 40.5 Å². The van der Waals surface area contributed by atoms with Gasteiger partial charge in [0.2, 0.25) is 12.5 Å². The molecule has 0 fully saturated rings. The molecule has 0 spiro atoms. The number of fused-ring (bicyclic) bond motifs is 2. The van der Waals surface area contributed by atoms with Crippen LogP contribution in [0.25, 0.3) is 0 Å². The Kier molecular flexibility index (Phi) is 5.96. The van der Waals surface area contributed by atoms with Crippen molar-refractivity contribution in [2.24, 2.45) is 0 Å². The van der Waals surface area contributed by atoms with Gasteiger partial charge in [-0.25, -0.2) is 0 Å². The second kappa shape index (κ2) is 8.67. The van der Waals surface area contributed by atoms with Crippen LogP contribution in [0.3, 0.4) is 0 Å². The zero-order valence-corrected chi connectivity index (χ0v) is 18.8. The molecule has 0 unspecified atom stereocenters. The summed E-state index contributed by atoms with van der Waals surface area (Å²) in [6.45, 7) is 7.85. The molecular formula is C24H30N2O5. The van der Waals surface area contributed by atoms with E-state index >= 15 is 0 Å². The summed E-state index contributed by atoms with van der Waals surface area (Å²) in [6.07, 6.45) is 0.782. The van der Waals surface area contributed by atoms with Crippen molar-refractivity contribution >= 4 is 11.6 Å². The molecule has 4 rings (SSSR count). The van der Waals surface area contributed by atoms with Crippen molar-refractivity contribution in [1.29, 1.82) is 0 Å². The lowest BCUT2D eigenvalue weighted by molar-refractivity contribution is -0.118. The molecule has 1 N–H and O–H groups in total. The Bertz CT molecular complexity index is 1000. The molecule has 2 aromatic carbocycles. The Balaban J connectivity index is 1.59. The number of rotatable bonds is 6. The molecule has 1 amide bonds. The Morgan fingerprint density at radius 3 is 2.74 bits per heavy atom. The summed E-state index contributed by atoms with van der Waals surface area (Å²) in [4.78, 5) is 15.1. The van der Waals surface area contributed by atoms with Crippen LogP contribution >= 0.6 is 0 Å². The third kappa shape index (κ3) is 4.14. The van der Waals surface area contributed by atoms with Crippen LogP contribution in [-0.2, 0) is 17.8 Å². The van der Waals surface area contributed by atoms with Gasteiger partial charge in [0.25, 0.3) is 5.91 Å². The van der Waals surface area contributed by atoms with Crippen molar-refractivity contribution < 1.29 is 23.7 Å². The number of nitrogens with one attached hydrogen (secondary N) is 1. The van der Waals surface area contributed by atoms with Gasteiger partial charge in [0, 0.05) is 18.7 Å². The van der Waals surface area contributed by atoms with E-state index in [4.69, 9.17) is 18.9 Å². The number of likely N-dealkylation sites (N-methyl/N-ethyl adjacent to an activating group) is 1. The molecule has 2 heterocycles. The second-order valence-electron chi connectivity index (χ2n) is 8.45. The Labute approximate surface area is 183 Å². The highest BCUT2D eigenvalue weighted by atomic mass is 16.7. The first-order valence-electron chi connectivity index (χ1n) is 10.6. The second-order valence-corrected chi connectivity index (χ2v) is 8.45. The van der Waals surface area contributed by atoms with Crippen LogP contribution < -0.4 is 24.3 Å². The first-order valence-corrected chi connectivity index (χ1v) is 10.6. The third-order valence-electron chi connectivity index (χ3n) is 5.78. The van der Waals surface area contributed by atoms with Crippen LogP contribution in [0, 0.1) is 6.92 Å². The molecule has 7 nitrogen and oxygen atoms in total. The normalized spacial score (nSPS) is 15.0. The largest absolute Gasteiger partial charge is 0.492 e. The van der Waals surface area contributed by atoms with Gasteiger partial charge in [-0.05, 0) is 49.1 Å². The van der Waals surface area contributed by atoms with Gasteiger partial charge in [0.05, 0.1) is 12.8 Å². The summed E-state index contributed by atoms with van der Waals surface area (Å²) in [7, 11) is 3.69. The lowest BCUT2D eigenvalue weighted by Crippen LogP contribution is -2.29. The molecule has 0 aliphatic carbocycles. The summed E-state index contributed by atoms with van der Waals surface area (Å²) in [5.74, 6) is 2.58. The van der Waals surface area contributed by atoms with Gasteiger partial charge in [0.15, 0.2) is 18.1 Å². The van der Waals surface area contributed by atoms with E-state index in [1.54, 1.807) is 7.11 Å². The standard InChI is InChI=1S/C24H30N2O5/c1-14(2)16-7-6-15(3)10-19(16)29-12-20(27)25-21-17-8-9-26(4)11-18(17)22(28-5)24-23(21)30-13-31-24/h6-7,10,14H,8-9,11-13H2,1-5H3,(H,25,27). The number of ether oxygens (including phenoxy) is 4. The van der Waals surface area contributed by atoms with Gasteiger partial charge < -0.3 is 29.2 Å². The van der Waals surface area contributed by atoms with Crippen molar-refractivity contribution in [1.82, 2.24) is 4.90 Å². The number of nitrogens with zero attached hydrogens (tertiary/aromatic N) is 1. The fourth-order valence-corrected chi connectivity index (χ4v) is 4.20. The molecule has 0 radical (unpaired) electrons. The average molecular weight is 427 g/mol. The lowest BCUT2D eigenvalue weighted by atomic mass is 9.95. The maximum absolute atomic E-state index is 12.9. The zero-order chi connectivity index (χ0) is 22.1. The molecule has 0 saturated carbocycles. The fraction of sp³-hybridized carbons (Fsp3) is 0.458. The molecule has 0 saturated heterocycles. The van der Waals surface area contributed by atoms with Crippen LogP contribution in [0.15, 0.2) is 18.2 Å². The van der Waals surface area contributed by atoms with Gasteiger partial charge in [-0.3, -0.25) is 4.79 Å². The molecule has 0 bridgehead atoms. The first-order chi connectivity index (χ1) is 14.9. The van der Waals surface area contributed by atoms with Crippen molar-refractivity contribution in [3.8, 4) is 23.0 Å². The summed E-state index contributed by atoms with van der Waals surface area (Å²) < 4.78 is 23.0. The molecule has 166 valence electrons. The highest BCUT2D eigenvalue weighted by molar-refractivity contribution is 5.96. The molecule has 2 aliphatic heterocycles. The maximum atomic E-state index is 12.9. The van der Waals surface area contributed by atoms with E-state index < -0.39 is 0 Å². The van der Waals surface area contributed by atoms with Crippen LogP contribution in [-0.4, -0.2) is 44.9 Å². The predicted molar refractivity (Wildman–Crippen MR) is 119 cm³/mol. The number of carbonyl (C=O) groups is 1. The summed E-state index contributed by atoms with van der Waals surface area (Å²) in [5.41, 5.74) is 4.90. The van der Waals surface area contributed by atoms with Crippen molar-refractivity contribution in [2.75, 3.05) is 39.4 Å². The minimum absolute atomic E-state index is 0.0838. The van der Waals surface area contributed by atoms with Gasteiger partial charge in [0.1, 0.15) is 5.75 Å². The molecule has 2 aromatic rings. The van der Waals surface area contributed by atoms with Gasteiger partial charge in [-0.15, -0.1) is 0 Å². The van der Waals surface area contributed by atoms with Crippen LogP contribution in [0.2, 0.25) is 0 Å². The average Bonchev–Trinajstić information content (AvgIpc) is 3.21. The number of hydrogen-bond acceptors (Lipinski definition) is 6. The molecule has 31 heavy (non-hydrogen) atoms. The Morgan fingerprint density at radius 2 is 2.00 bits per heavy atom. The third-order valence-corrected chi connectivity index (χ3v) is 5.78. The molecule has 0 aromatic heterocycles. The molecular weight excluding hydrogens is 396 g/mol. The summed E-state index contributed by atoms with van der Waals surface area (Å²) in [6, 6.07) is 6.09. The minimum Gasteiger partial charge on any atom is -0.492 e. The van der Waals surface area contributed by atoms with E-state index in [0.29, 0.717) is 28.9 Å². The molecule has 2 aliphatic rings. The number of carbonyl (C=O) groups excluding carboxylic acids is 1. The topological polar surface area (TPSA) is 69.3 Å².